The van der Waals surface area contributed by atoms with Crippen molar-refractivity contribution < 1.29 is 9.26 Å². The van der Waals surface area contributed by atoms with Crippen LogP contribution in [0.1, 0.15) is 5.56 Å². The number of aromatic nitrogens is 1. The van der Waals surface area contributed by atoms with Gasteiger partial charge in [-0.2, -0.15) is 0 Å². The first-order chi connectivity index (χ1) is 6.84. The number of rotatable bonds is 3. The monoisotopic (exact) mass is 209 g/mol. The maximum atomic E-state index is 5.82. The standard InChI is InChI=1S/C10H8ClNO2/c11-9-3-1-2-8(4-9)6-13-10-5-12-14-7-10/h1-5,7H,6H2. The summed E-state index contributed by atoms with van der Waals surface area (Å²) in [6.07, 6.45) is 2.97. The van der Waals surface area contributed by atoms with Crippen LogP contribution >= 0.6 is 11.6 Å². The molecule has 14 heavy (non-hydrogen) atoms. The molecule has 4 heteroatoms. The van der Waals surface area contributed by atoms with Crippen molar-refractivity contribution in [2.75, 3.05) is 0 Å². The van der Waals surface area contributed by atoms with Gasteiger partial charge in [-0.05, 0) is 17.7 Å². The molecule has 1 heterocycles. The Morgan fingerprint density at radius 1 is 1.43 bits per heavy atom. The van der Waals surface area contributed by atoms with Crippen molar-refractivity contribution in [2.45, 2.75) is 6.61 Å². The Morgan fingerprint density at radius 2 is 2.36 bits per heavy atom. The minimum Gasteiger partial charge on any atom is -0.484 e. The smallest absolute Gasteiger partial charge is 0.179 e. The summed E-state index contributed by atoms with van der Waals surface area (Å²) in [5.74, 6) is 0.616. The highest BCUT2D eigenvalue weighted by Crippen LogP contribution is 2.14. The van der Waals surface area contributed by atoms with Crippen molar-refractivity contribution in [3.63, 3.8) is 0 Å². The van der Waals surface area contributed by atoms with Crippen molar-refractivity contribution in [3.8, 4) is 5.75 Å². The molecule has 0 radical (unpaired) electrons. The van der Waals surface area contributed by atoms with Gasteiger partial charge in [-0.25, -0.2) is 0 Å². The van der Waals surface area contributed by atoms with Gasteiger partial charge in [0.05, 0.1) is 0 Å². The molecule has 2 aromatic rings. The molecule has 0 amide bonds. The van der Waals surface area contributed by atoms with Gasteiger partial charge in [0.15, 0.2) is 12.0 Å². The van der Waals surface area contributed by atoms with E-state index in [0.29, 0.717) is 17.4 Å². The lowest BCUT2D eigenvalue weighted by Gasteiger charge is -2.02. The van der Waals surface area contributed by atoms with E-state index in [1.165, 1.54) is 12.5 Å². The van der Waals surface area contributed by atoms with Crippen molar-refractivity contribution in [2.24, 2.45) is 0 Å². The van der Waals surface area contributed by atoms with Crippen LogP contribution in [0.5, 0.6) is 5.75 Å². The zero-order valence-corrected chi connectivity index (χ0v) is 8.07. The summed E-state index contributed by atoms with van der Waals surface area (Å²) in [5.41, 5.74) is 1.01. The minimum atomic E-state index is 0.460. The lowest BCUT2D eigenvalue weighted by molar-refractivity contribution is 0.301. The van der Waals surface area contributed by atoms with E-state index in [4.69, 9.17) is 16.3 Å². The van der Waals surface area contributed by atoms with Crippen LogP contribution in [0.2, 0.25) is 5.02 Å². The third-order valence-electron chi connectivity index (χ3n) is 1.70. The normalized spacial score (nSPS) is 10.1. The fourth-order valence-corrected chi connectivity index (χ4v) is 1.27. The Labute approximate surface area is 86.2 Å². The van der Waals surface area contributed by atoms with Crippen molar-refractivity contribution in [3.05, 3.63) is 47.3 Å². The molecule has 2 rings (SSSR count). The Hall–Kier alpha value is -1.48. The van der Waals surface area contributed by atoms with Crippen LogP contribution in [0.15, 0.2) is 41.2 Å². The van der Waals surface area contributed by atoms with E-state index < -0.39 is 0 Å². The molecule has 0 N–H and O–H groups in total. The molecule has 0 aliphatic heterocycles. The van der Waals surface area contributed by atoms with E-state index in [1.54, 1.807) is 0 Å². The molecule has 0 bridgehead atoms. The summed E-state index contributed by atoms with van der Waals surface area (Å²) >= 11 is 5.82. The number of hydrogen-bond acceptors (Lipinski definition) is 3. The molecule has 0 atom stereocenters. The van der Waals surface area contributed by atoms with Gasteiger partial charge in [-0.15, -0.1) is 0 Å². The van der Waals surface area contributed by atoms with E-state index in [2.05, 4.69) is 9.68 Å². The van der Waals surface area contributed by atoms with Gasteiger partial charge in [0.2, 0.25) is 0 Å². The topological polar surface area (TPSA) is 35.3 Å². The minimum absolute atomic E-state index is 0.460. The molecule has 0 saturated carbocycles. The summed E-state index contributed by atoms with van der Waals surface area (Å²) in [6, 6.07) is 7.51. The second kappa shape index (κ2) is 4.15. The van der Waals surface area contributed by atoms with Gasteiger partial charge in [-0.1, -0.05) is 28.9 Å². The summed E-state index contributed by atoms with van der Waals surface area (Å²) in [7, 11) is 0. The predicted molar refractivity (Wildman–Crippen MR) is 52.3 cm³/mol. The molecule has 0 fully saturated rings. The largest absolute Gasteiger partial charge is 0.484 e. The highest BCUT2D eigenvalue weighted by molar-refractivity contribution is 6.30. The molecule has 0 aliphatic carbocycles. The van der Waals surface area contributed by atoms with Gasteiger partial charge in [0, 0.05) is 5.02 Å². The van der Waals surface area contributed by atoms with Crippen LogP contribution in [-0.4, -0.2) is 5.16 Å². The van der Waals surface area contributed by atoms with Crippen molar-refractivity contribution in [1.82, 2.24) is 5.16 Å². The van der Waals surface area contributed by atoms with Gasteiger partial charge >= 0.3 is 0 Å². The second-order valence-electron chi connectivity index (χ2n) is 2.78. The maximum Gasteiger partial charge on any atom is 0.179 e. The Balaban J connectivity index is 1.98. The van der Waals surface area contributed by atoms with E-state index in [1.807, 2.05) is 24.3 Å². The van der Waals surface area contributed by atoms with Crippen LogP contribution in [0, 0.1) is 0 Å². The molecule has 0 unspecified atom stereocenters. The van der Waals surface area contributed by atoms with Gasteiger partial charge < -0.3 is 9.26 Å². The second-order valence-corrected chi connectivity index (χ2v) is 3.22. The Bertz CT molecular complexity index is 400. The zero-order chi connectivity index (χ0) is 9.80. The molecular weight excluding hydrogens is 202 g/mol. The third-order valence-corrected chi connectivity index (χ3v) is 1.94. The van der Waals surface area contributed by atoms with Gasteiger partial charge in [0.1, 0.15) is 12.8 Å². The van der Waals surface area contributed by atoms with E-state index >= 15 is 0 Å². The maximum absolute atomic E-state index is 5.82. The van der Waals surface area contributed by atoms with Crippen LogP contribution in [0.3, 0.4) is 0 Å². The first kappa shape index (κ1) is 9.09. The van der Waals surface area contributed by atoms with E-state index in [-0.39, 0.29) is 0 Å². The van der Waals surface area contributed by atoms with Crippen molar-refractivity contribution in [1.29, 1.82) is 0 Å². The van der Waals surface area contributed by atoms with Crippen molar-refractivity contribution >= 4 is 11.6 Å². The number of hydrogen-bond donors (Lipinski definition) is 0. The Morgan fingerprint density at radius 3 is 3.07 bits per heavy atom. The molecule has 0 aliphatic rings. The lowest BCUT2D eigenvalue weighted by Crippen LogP contribution is -1.93. The predicted octanol–water partition coefficient (Wildman–Crippen LogP) is 2.91. The van der Waals surface area contributed by atoms with Crippen LogP contribution < -0.4 is 4.74 Å². The number of benzene rings is 1. The van der Waals surface area contributed by atoms with Crippen LogP contribution in [-0.2, 0) is 6.61 Å². The van der Waals surface area contributed by atoms with E-state index in [9.17, 15) is 0 Å². The highest BCUT2D eigenvalue weighted by atomic mass is 35.5. The molecule has 72 valence electrons. The Kier molecular flexibility index (Phi) is 2.70. The zero-order valence-electron chi connectivity index (χ0n) is 7.31. The third kappa shape index (κ3) is 2.26. The first-order valence-corrected chi connectivity index (χ1v) is 4.49. The molecule has 1 aromatic heterocycles. The summed E-state index contributed by atoms with van der Waals surface area (Å²) in [4.78, 5) is 0. The summed E-state index contributed by atoms with van der Waals surface area (Å²) < 4.78 is 10.00. The van der Waals surface area contributed by atoms with E-state index in [0.717, 1.165) is 5.56 Å². The highest BCUT2D eigenvalue weighted by Gasteiger charge is 1.98. The fraction of sp³-hybridized carbons (Fsp3) is 0.100. The average Bonchev–Trinajstić information content (AvgIpc) is 2.67. The molecule has 1 aromatic carbocycles. The van der Waals surface area contributed by atoms with Gasteiger partial charge in [-0.3, -0.25) is 0 Å². The average molecular weight is 210 g/mol. The summed E-state index contributed by atoms with van der Waals surface area (Å²) in [6.45, 7) is 0.460. The molecule has 0 spiro atoms. The van der Waals surface area contributed by atoms with Crippen LogP contribution in [0.4, 0.5) is 0 Å². The number of halogens is 1. The SMILES string of the molecule is Clc1cccc(COc2cnoc2)c1. The number of nitrogens with zero attached hydrogens (tertiary/aromatic N) is 1. The van der Waals surface area contributed by atoms with Gasteiger partial charge in [0.25, 0.3) is 0 Å². The fourth-order valence-electron chi connectivity index (χ4n) is 1.06. The molecular formula is C10H8ClNO2. The first-order valence-electron chi connectivity index (χ1n) is 4.11. The molecule has 0 saturated heterocycles. The number of ether oxygens (including phenoxy) is 1. The molecule has 3 nitrogen and oxygen atoms in total. The lowest BCUT2D eigenvalue weighted by atomic mass is 10.2. The quantitative estimate of drug-likeness (QED) is 0.780. The van der Waals surface area contributed by atoms with Crippen LogP contribution in [0.25, 0.3) is 0 Å². The summed E-state index contributed by atoms with van der Waals surface area (Å²) in [5, 5.41) is 4.23.